The van der Waals surface area contributed by atoms with Gasteiger partial charge in [-0.05, 0) is 18.4 Å². The number of nitrogens with one attached hydrogen (secondary N) is 1. The molecule has 1 unspecified atom stereocenters. The van der Waals surface area contributed by atoms with E-state index in [-0.39, 0.29) is 11.7 Å². The van der Waals surface area contributed by atoms with Gasteiger partial charge in [-0.3, -0.25) is 4.79 Å². The molecule has 118 valence electrons. The van der Waals surface area contributed by atoms with Gasteiger partial charge in [0.1, 0.15) is 5.82 Å². The Kier molecular flexibility index (Phi) is 6.38. The molecule has 0 radical (unpaired) electrons. The lowest BCUT2D eigenvalue weighted by Gasteiger charge is -2.14. The molecule has 0 amide bonds. The Morgan fingerprint density at radius 3 is 2.50 bits per heavy atom. The molecule has 2 rings (SSSR count). The van der Waals surface area contributed by atoms with E-state index >= 15 is 0 Å². The number of rotatable bonds is 9. The van der Waals surface area contributed by atoms with E-state index in [1.807, 2.05) is 18.3 Å². The van der Waals surface area contributed by atoms with Crippen molar-refractivity contribution >= 4 is 5.78 Å². The Bertz CT molecular complexity index is 558. The van der Waals surface area contributed by atoms with Gasteiger partial charge in [-0.1, -0.05) is 57.4 Å². The molecule has 1 aromatic heterocycles. The Hall–Kier alpha value is -1.90. The minimum atomic E-state index is 0.255. The fourth-order valence-corrected chi connectivity index (χ4v) is 2.80. The van der Waals surface area contributed by atoms with Crippen molar-refractivity contribution in [2.75, 3.05) is 0 Å². The number of unbranched alkanes of at least 4 members (excludes halogenated alkanes) is 2. The third-order valence-corrected chi connectivity index (χ3v) is 4.07. The highest BCUT2D eigenvalue weighted by Gasteiger charge is 2.16. The summed E-state index contributed by atoms with van der Waals surface area (Å²) in [5.41, 5.74) is 2.05. The number of hydrogen-bond donors (Lipinski definition) is 1. The first-order chi connectivity index (χ1) is 10.8. The van der Waals surface area contributed by atoms with Gasteiger partial charge in [0.2, 0.25) is 0 Å². The van der Waals surface area contributed by atoms with Crippen molar-refractivity contribution in [2.24, 2.45) is 0 Å². The molecule has 0 saturated heterocycles. The van der Waals surface area contributed by atoms with Gasteiger partial charge in [-0.2, -0.15) is 0 Å². The zero-order valence-corrected chi connectivity index (χ0v) is 13.6. The van der Waals surface area contributed by atoms with Gasteiger partial charge in [0.15, 0.2) is 5.78 Å². The third-order valence-electron chi connectivity index (χ3n) is 4.07. The van der Waals surface area contributed by atoms with E-state index in [4.69, 9.17) is 0 Å². The second-order valence-corrected chi connectivity index (χ2v) is 5.82. The van der Waals surface area contributed by atoms with Crippen LogP contribution in [0.4, 0.5) is 0 Å². The molecule has 1 aromatic carbocycles. The molecular formula is C19H26N2O. The molecule has 1 heterocycles. The van der Waals surface area contributed by atoms with E-state index in [2.05, 4.69) is 35.9 Å². The van der Waals surface area contributed by atoms with E-state index in [0.29, 0.717) is 6.42 Å². The van der Waals surface area contributed by atoms with E-state index in [0.717, 1.165) is 43.5 Å². The highest BCUT2D eigenvalue weighted by atomic mass is 16.1. The lowest BCUT2D eigenvalue weighted by Crippen LogP contribution is -2.04. The van der Waals surface area contributed by atoms with Crippen LogP contribution in [0.3, 0.4) is 0 Å². The molecule has 2 aromatic rings. The summed E-state index contributed by atoms with van der Waals surface area (Å²) < 4.78 is 0. The maximum Gasteiger partial charge on any atom is 0.162 e. The summed E-state index contributed by atoms with van der Waals surface area (Å²) in [6.07, 6.45) is 9.73. The van der Waals surface area contributed by atoms with Crippen LogP contribution in [0.1, 0.15) is 80.0 Å². The lowest BCUT2D eigenvalue weighted by molar-refractivity contribution is 0.0979. The summed E-state index contributed by atoms with van der Waals surface area (Å²) in [5.74, 6) is 1.54. The molecule has 0 bridgehead atoms. The maximum atomic E-state index is 12.1. The highest BCUT2D eigenvalue weighted by Crippen LogP contribution is 2.27. The van der Waals surface area contributed by atoms with Gasteiger partial charge >= 0.3 is 0 Å². The molecule has 1 atom stereocenters. The number of H-pyrrole nitrogens is 1. The van der Waals surface area contributed by atoms with Gasteiger partial charge in [0.05, 0.1) is 0 Å². The fourth-order valence-electron chi connectivity index (χ4n) is 2.80. The van der Waals surface area contributed by atoms with Crippen LogP contribution < -0.4 is 0 Å². The summed E-state index contributed by atoms with van der Waals surface area (Å²) in [7, 11) is 0. The predicted octanol–water partition coefficient (Wildman–Crippen LogP) is 5.10. The first kappa shape index (κ1) is 16.5. The summed E-state index contributed by atoms with van der Waals surface area (Å²) >= 11 is 0. The van der Waals surface area contributed by atoms with Crippen LogP contribution in [-0.2, 0) is 0 Å². The van der Waals surface area contributed by atoms with E-state index in [1.54, 1.807) is 6.20 Å². The Balaban J connectivity index is 2.08. The van der Waals surface area contributed by atoms with Crippen molar-refractivity contribution in [3.8, 4) is 0 Å². The number of ketones is 1. The summed E-state index contributed by atoms with van der Waals surface area (Å²) in [6.45, 7) is 4.34. The number of Topliss-reactive ketones (excluding diaryl/α,β-unsaturated/α-hetero) is 1. The normalized spacial score (nSPS) is 12.3. The third kappa shape index (κ3) is 4.30. The van der Waals surface area contributed by atoms with E-state index in [1.165, 1.54) is 5.56 Å². The molecule has 3 heteroatoms. The van der Waals surface area contributed by atoms with Crippen LogP contribution in [0.25, 0.3) is 0 Å². The van der Waals surface area contributed by atoms with Crippen molar-refractivity contribution in [1.82, 2.24) is 9.97 Å². The summed E-state index contributed by atoms with van der Waals surface area (Å²) in [6, 6.07) is 8.09. The topological polar surface area (TPSA) is 45.8 Å². The zero-order chi connectivity index (χ0) is 15.8. The Morgan fingerprint density at radius 1 is 1.14 bits per heavy atom. The average molecular weight is 298 g/mol. The lowest BCUT2D eigenvalue weighted by atomic mass is 9.92. The fraction of sp³-hybridized carbons (Fsp3) is 0.474. The van der Waals surface area contributed by atoms with Crippen molar-refractivity contribution in [2.45, 2.75) is 58.3 Å². The number of imidazole rings is 1. The monoisotopic (exact) mass is 298 g/mol. The molecule has 22 heavy (non-hydrogen) atoms. The zero-order valence-electron chi connectivity index (χ0n) is 13.6. The SMILES string of the molecule is CCCCCC(=O)c1ccc(C(CCC)c2ncc[nH]2)cc1. The van der Waals surface area contributed by atoms with E-state index < -0.39 is 0 Å². The first-order valence-corrected chi connectivity index (χ1v) is 8.38. The van der Waals surface area contributed by atoms with Crippen LogP contribution in [-0.4, -0.2) is 15.8 Å². The van der Waals surface area contributed by atoms with Crippen LogP contribution in [0.2, 0.25) is 0 Å². The minimum Gasteiger partial charge on any atom is -0.348 e. The average Bonchev–Trinajstić information content (AvgIpc) is 3.07. The molecular weight excluding hydrogens is 272 g/mol. The van der Waals surface area contributed by atoms with Gasteiger partial charge in [-0.25, -0.2) is 4.98 Å². The van der Waals surface area contributed by atoms with Crippen LogP contribution in [0.5, 0.6) is 0 Å². The number of carbonyl (C=O) groups excluding carboxylic acids is 1. The number of nitrogens with zero attached hydrogens (tertiary/aromatic N) is 1. The van der Waals surface area contributed by atoms with Crippen molar-refractivity contribution < 1.29 is 4.79 Å². The Morgan fingerprint density at radius 2 is 1.91 bits per heavy atom. The molecule has 1 N–H and O–H groups in total. The van der Waals surface area contributed by atoms with Crippen molar-refractivity contribution in [3.63, 3.8) is 0 Å². The van der Waals surface area contributed by atoms with Crippen LogP contribution in [0, 0.1) is 0 Å². The molecule has 0 fully saturated rings. The van der Waals surface area contributed by atoms with E-state index in [9.17, 15) is 4.79 Å². The number of hydrogen-bond acceptors (Lipinski definition) is 2. The second-order valence-electron chi connectivity index (χ2n) is 5.82. The molecule has 3 nitrogen and oxygen atoms in total. The van der Waals surface area contributed by atoms with Crippen molar-refractivity contribution in [1.29, 1.82) is 0 Å². The van der Waals surface area contributed by atoms with Crippen molar-refractivity contribution in [3.05, 3.63) is 53.6 Å². The minimum absolute atomic E-state index is 0.255. The number of aromatic amines is 1. The number of carbonyl (C=O) groups is 1. The highest BCUT2D eigenvalue weighted by molar-refractivity contribution is 5.96. The molecule has 0 aliphatic rings. The number of aromatic nitrogens is 2. The smallest absolute Gasteiger partial charge is 0.162 e. The standard InChI is InChI=1S/C19H26N2O/c1-3-5-6-8-18(22)16-11-9-15(10-12-16)17(7-4-2)19-20-13-14-21-19/h9-14,17H,3-8H2,1-2H3,(H,20,21). The molecule has 0 aliphatic heterocycles. The van der Waals surface area contributed by atoms with Gasteiger partial charge in [-0.15, -0.1) is 0 Å². The predicted molar refractivity (Wildman–Crippen MR) is 90.3 cm³/mol. The van der Waals surface area contributed by atoms with Crippen LogP contribution >= 0.6 is 0 Å². The molecule has 0 spiro atoms. The summed E-state index contributed by atoms with van der Waals surface area (Å²) in [4.78, 5) is 19.7. The number of benzene rings is 1. The quantitative estimate of drug-likeness (QED) is 0.517. The maximum absolute atomic E-state index is 12.1. The van der Waals surface area contributed by atoms with Gasteiger partial charge in [0, 0.05) is 30.3 Å². The summed E-state index contributed by atoms with van der Waals surface area (Å²) in [5, 5.41) is 0. The van der Waals surface area contributed by atoms with Gasteiger partial charge < -0.3 is 4.98 Å². The molecule has 0 saturated carbocycles. The second kappa shape index (κ2) is 8.52. The Labute approximate surface area is 133 Å². The largest absolute Gasteiger partial charge is 0.348 e. The molecule has 0 aliphatic carbocycles. The first-order valence-electron chi connectivity index (χ1n) is 8.38. The van der Waals surface area contributed by atoms with Gasteiger partial charge in [0.25, 0.3) is 0 Å². The van der Waals surface area contributed by atoms with Crippen LogP contribution in [0.15, 0.2) is 36.7 Å².